The quantitative estimate of drug-likeness (QED) is 0.133. The van der Waals surface area contributed by atoms with Crippen LogP contribution in [0, 0.1) is 40.9 Å². The molecule has 1 saturated heterocycles. The van der Waals surface area contributed by atoms with E-state index in [4.69, 9.17) is 6.42 Å². The molecular formula is C41H65N5O7S. The lowest BCUT2D eigenvalue weighted by Gasteiger charge is -2.41. The maximum atomic E-state index is 14.9. The minimum Gasteiger partial charge on any atom is -0.344 e. The Morgan fingerprint density at radius 3 is 2.09 bits per heavy atom. The fourth-order valence-corrected chi connectivity index (χ4v) is 11.5. The number of fused-ring (bicyclic) bond motifs is 1. The summed E-state index contributed by atoms with van der Waals surface area (Å²) < 4.78 is 26.4. The third-order valence-electron chi connectivity index (χ3n) is 13.9. The number of sulfone groups is 1. The predicted molar refractivity (Wildman–Crippen MR) is 208 cm³/mol. The van der Waals surface area contributed by atoms with Gasteiger partial charge in [-0.3, -0.25) is 19.2 Å². The lowest BCUT2D eigenvalue weighted by Crippen LogP contribution is -2.62. The third-order valence-corrected chi connectivity index (χ3v) is 16.8. The summed E-state index contributed by atoms with van der Waals surface area (Å²) in [5.74, 6) is -0.159. The van der Waals surface area contributed by atoms with Crippen LogP contribution in [0.5, 0.6) is 0 Å². The molecule has 5 amide bonds. The standard InChI is InChI=1S/C41H65N5O7S/c1-8-22-42-35(49)33(47)29(23-27-16-17-27)43-34(48)32-31-28(39(31,5)6)25-46(32)36(50)30(24-40(7)18-12-10-13-19-40)44-37(51)45-41(20-14-11-15-21-41)26-54(52,53)38(3,4)9-2/h1,27-32H,9-26H2,2-7H3,(H,42,49)(H,43,48)(H2,44,45,51)/t28?,29?,30?,31?,32-/m0/s1. The smallest absolute Gasteiger partial charge is 0.315 e. The largest absolute Gasteiger partial charge is 0.344 e. The third kappa shape index (κ3) is 9.27. The van der Waals surface area contributed by atoms with Crippen molar-refractivity contribution in [1.29, 1.82) is 0 Å². The van der Waals surface area contributed by atoms with Crippen LogP contribution in [0.3, 0.4) is 0 Å². The number of rotatable bonds is 16. The number of hydrogen-bond acceptors (Lipinski definition) is 7. The summed E-state index contributed by atoms with van der Waals surface area (Å²) in [5, 5.41) is 11.4. The minimum absolute atomic E-state index is 0.0612. The highest BCUT2D eigenvalue weighted by atomic mass is 32.2. The number of terminal acetylenes is 1. The van der Waals surface area contributed by atoms with Crippen LogP contribution in [0.2, 0.25) is 0 Å². The van der Waals surface area contributed by atoms with E-state index >= 15 is 0 Å². The zero-order valence-electron chi connectivity index (χ0n) is 33.5. The van der Waals surface area contributed by atoms with Gasteiger partial charge in [0.25, 0.3) is 5.91 Å². The van der Waals surface area contributed by atoms with E-state index < -0.39 is 61.9 Å². The molecule has 0 bridgehead atoms. The summed E-state index contributed by atoms with van der Waals surface area (Å²) in [7, 11) is -3.58. The molecule has 0 aromatic rings. The van der Waals surface area contributed by atoms with Crippen LogP contribution < -0.4 is 21.3 Å². The van der Waals surface area contributed by atoms with Gasteiger partial charge in [-0.25, -0.2) is 13.2 Å². The molecule has 5 aliphatic rings. The van der Waals surface area contributed by atoms with Crippen molar-refractivity contribution in [1.82, 2.24) is 26.2 Å². The molecular weight excluding hydrogens is 707 g/mol. The van der Waals surface area contributed by atoms with Gasteiger partial charge in [0.15, 0.2) is 9.84 Å². The summed E-state index contributed by atoms with van der Waals surface area (Å²) in [4.78, 5) is 70.8. The van der Waals surface area contributed by atoms with Gasteiger partial charge >= 0.3 is 6.03 Å². The van der Waals surface area contributed by atoms with Crippen LogP contribution in [-0.2, 0) is 29.0 Å². The SMILES string of the molecule is C#CCNC(=O)C(=O)C(CC1CC1)NC(=O)[C@@H]1C2C(CN1C(=O)C(CC1(C)CCCCC1)NC(=O)NC1(CS(=O)(=O)C(C)(C)CC)CCCCC1)C2(C)C. The van der Waals surface area contributed by atoms with E-state index in [1.54, 1.807) is 18.7 Å². The molecule has 13 heteroatoms. The molecule has 0 aromatic heterocycles. The van der Waals surface area contributed by atoms with Crippen LogP contribution in [-0.4, -0.2) is 90.1 Å². The van der Waals surface area contributed by atoms with E-state index in [1.165, 1.54) is 0 Å². The molecule has 5 fully saturated rings. The molecule has 0 radical (unpaired) electrons. The number of amides is 5. The maximum absolute atomic E-state index is 14.9. The molecule has 12 nitrogen and oxygen atoms in total. The highest BCUT2D eigenvalue weighted by Crippen LogP contribution is 2.65. The van der Waals surface area contributed by atoms with Crippen molar-refractivity contribution >= 4 is 39.4 Å². The number of likely N-dealkylation sites (tertiary alicyclic amines) is 1. The minimum atomic E-state index is -3.58. The van der Waals surface area contributed by atoms with E-state index in [0.717, 1.165) is 64.2 Å². The second-order valence-corrected chi connectivity index (χ2v) is 21.4. The normalized spacial score (nSPS) is 26.6. The van der Waals surface area contributed by atoms with Crippen molar-refractivity contribution < 1.29 is 32.4 Å². The lowest BCUT2D eigenvalue weighted by atomic mass is 9.71. The van der Waals surface area contributed by atoms with Gasteiger partial charge in [0.05, 0.1) is 28.6 Å². The molecule has 4 N–H and O–H groups in total. The number of Topliss-reactive ketones (excluding diaryl/α,β-unsaturated/α-hetero) is 1. The summed E-state index contributed by atoms with van der Waals surface area (Å²) in [5.41, 5.74) is -1.37. The van der Waals surface area contributed by atoms with E-state index in [0.29, 0.717) is 38.6 Å². The zero-order valence-corrected chi connectivity index (χ0v) is 34.3. The van der Waals surface area contributed by atoms with Gasteiger partial charge in [0.1, 0.15) is 12.1 Å². The molecule has 4 saturated carbocycles. The van der Waals surface area contributed by atoms with E-state index in [-0.39, 0.29) is 46.8 Å². The zero-order chi connectivity index (χ0) is 39.7. The molecule has 1 aliphatic heterocycles. The average Bonchev–Trinajstić information content (AvgIpc) is 3.97. The summed E-state index contributed by atoms with van der Waals surface area (Å²) in [6.45, 7) is 11.9. The van der Waals surface area contributed by atoms with E-state index in [2.05, 4.69) is 48.0 Å². The number of piperidine rings is 1. The monoisotopic (exact) mass is 771 g/mol. The molecule has 0 aromatic carbocycles. The number of hydrogen-bond donors (Lipinski definition) is 4. The molecule has 1 heterocycles. The Kier molecular flexibility index (Phi) is 12.6. The number of ketones is 1. The molecule has 302 valence electrons. The topological polar surface area (TPSA) is 171 Å². The Balaban J connectivity index is 1.39. The van der Waals surface area contributed by atoms with Crippen molar-refractivity contribution in [3.8, 4) is 12.3 Å². The van der Waals surface area contributed by atoms with Crippen molar-refractivity contribution in [2.45, 2.75) is 166 Å². The fourth-order valence-electron chi connectivity index (χ4n) is 9.62. The summed E-state index contributed by atoms with van der Waals surface area (Å²) >= 11 is 0. The number of urea groups is 1. The van der Waals surface area contributed by atoms with Crippen molar-refractivity contribution in [3.05, 3.63) is 0 Å². The predicted octanol–water partition coefficient (Wildman–Crippen LogP) is 4.41. The first-order valence-corrected chi connectivity index (χ1v) is 22.1. The van der Waals surface area contributed by atoms with Gasteiger partial charge < -0.3 is 26.2 Å². The van der Waals surface area contributed by atoms with Crippen LogP contribution >= 0.6 is 0 Å². The Hall–Kier alpha value is -3.14. The van der Waals surface area contributed by atoms with Crippen molar-refractivity contribution in [2.75, 3.05) is 18.8 Å². The number of carbonyl (C=O) groups excluding carboxylic acids is 5. The number of carbonyl (C=O) groups is 5. The Labute approximate surface area is 323 Å². The molecule has 54 heavy (non-hydrogen) atoms. The van der Waals surface area contributed by atoms with Crippen molar-refractivity contribution in [3.63, 3.8) is 0 Å². The summed E-state index contributed by atoms with van der Waals surface area (Å²) in [6, 6.07) is -3.44. The molecule has 0 spiro atoms. The second kappa shape index (κ2) is 16.1. The molecule has 5 rings (SSSR count). The van der Waals surface area contributed by atoms with Crippen LogP contribution in [0.1, 0.15) is 138 Å². The molecule has 5 atom stereocenters. The molecule has 4 unspecified atom stereocenters. The number of nitrogens with zero attached hydrogens (tertiary/aromatic N) is 1. The maximum Gasteiger partial charge on any atom is 0.315 e. The highest BCUT2D eigenvalue weighted by molar-refractivity contribution is 7.92. The van der Waals surface area contributed by atoms with Gasteiger partial charge in [0.2, 0.25) is 17.6 Å². The highest BCUT2D eigenvalue weighted by Gasteiger charge is 2.69. The van der Waals surface area contributed by atoms with Gasteiger partial charge in [-0.15, -0.1) is 6.42 Å². The van der Waals surface area contributed by atoms with Gasteiger partial charge in [-0.1, -0.05) is 85.0 Å². The number of nitrogens with one attached hydrogen (secondary N) is 4. The fraction of sp³-hybridized carbons (Fsp3) is 0.829. The van der Waals surface area contributed by atoms with E-state index in [9.17, 15) is 32.4 Å². The first-order chi connectivity index (χ1) is 25.3. The van der Waals surface area contributed by atoms with Gasteiger partial charge in [-0.05, 0) is 87.4 Å². The van der Waals surface area contributed by atoms with E-state index in [1.807, 2.05) is 6.92 Å². The summed E-state index contributed by atoms with van der Waals surface area (Å²) in [6.07, 6.45) is 16.9. The van der Waals surface area contributed by atoms with Crippen molar-refractivity contribution in [2.24, 2.45) is 28.6 Å². The molecule has 4 aliphatic carbocycles. The van der Waals surface area contributed by atoms with Crippen LogP contribution in [0.15, 0.2) is 0 Å². The Morgan fingerprint density at radius 2 is 1.52 bits per heavy atom. The van der Waals surface area contributed by atoms with Gasteiger partial charge in [-0.2, -0.15) is 0 Å². The Bertz CT molecular complexity index is 1600. The first kappa shape index (κ1) is 42.0. The Morgan fingerprint density at radius 1 is 0.907 bits per heavy atom. The lowest BCUT2D eigenvalue weighted by molar-refractivity contribution is -0.144. The van der Waals surface area contributed by atoms with Gasteiger partial charge in [0, 0.05) is 6.54 Å². The first-order valence-electron chi connectivity index (χ1n) is 20.5. The van der Waals surface area contributed by atoms with Crippen LogP contribution in [0.25, 0.3) is 0 Å². The van der Waals surface area contributed by atoms with Crippen LogP contribution in [0.4, 0.5) is 4.79 Å². The second-order valence-electron chi connectivity index (χ2n) is 18.8. The average molecular weight is 772 g/mol.